The van der Waals surface area contributed by atoms with Gasteiger partial charge >= 0.3 is 6.01 Å². The molecule has 0 saturated heterocycles. The van der Waals surface area contributed by atoms with E-state index >= 15 is 0 Å². The molecule has 102 valence electrons. The first-order valence-corrected chi connectivity index (χ1v) is 7.78. The molecule has 2 rings (SSSR count). The maximum atomic E-state index is 5.54. The Labute approximate surface area is 112 Å². The van der Waals surface area contributed by atoms with Crippen LogP contribution in [-0.4, -0.2) is 33.8 Å². The molecule has 0 radical (unpaired) electrons. The van der Waals surface area contributed by atoms with Crippen molar-refractivity contribution in [3.8, 4) is 0 Å². The quantitative estimate of drug-likeness (QED) is 0.792. The lowest BCUT2D eigenvalue weighted by atomic mass is 10.3. The Balaban J connectivity index is 1.77. The van der Waals surface area contributed by atoms with Crippen molar-refractivity contribution >= 4 is 17.8 Å². The normalized spacial score (nSPS) is 23.4. The van der Waals surface area contributed by atoms with Crippen molar-refractivity contribution in [3.63, 3.8) is 0 Å². The summed E-state index contributed by atoms with van der Waals surface area (Å²) in [5, 5.41) is 15.3. The van der Waals surface area contributed by atoms with Gasteiger partial charge in [0.15, 0.2) is 0 Å². The van der Waals surface area contributed by atoms with Crippen molar-refractivity contribution in [1.29, 1.82) is 0 Å². The van der Waals surface area contributed by atoms with E-state index in [1.165, 1.54) is 25.0 Å². The van der Waals surface area contributed by atoms with Crippen LogP contribution in [0.5, 0.6) is 0 Å². The highest BCUT2D eigenvalue weighted by Crippen LogP contribution is 2.31. The van der Waals surface area contributed by atoms with Crippen LogP contribution in [0.3, 0.4) is 0 Å². The van der Waals surface area contributed by atoms with E-state index in [1.54, 1.807) is 0 Å². The number of anilines is 1. The van der Waals surface area contributed by atoms with Crippen LogP contribution < -0.4 is 10.6 Å². The van der Waals surface area contributed by atoms with Crippen molar-refractivity contribution in [2.24, 2.45) is 0 Å². The highest BCUT2D eigenvalue weighted by Gasteiger charge is 2.25. The van der Waals surface area contributed by atoms with Crippen molar-refractivity contribution in [2.75, 3.05) is 17.6 Å². The van der Waals surface area contributed by atoms with Gasteiger partial charge in [-0.3, -0.25) is 0 Å². The van der Waals surface area contributed by atoms with Crippen LogP contribution in [0.2, 0.25) is 0 Å². The summed E-state index contributed by atoms with van der Waals surface area (Å²) in [5.41, 5.74) is 0. The summed E-state index contributed by atoms with van der Waals surface area (Å²) in [4.78, 5) is 0. The molecule has 1 aliphatic rings. The number of aromatic nitrogens is 2. The van der Waals surface area contributed by atoms with Gasteiger partial charge in [-0.15, -0.1) is 5.10 Å². The largest absolute Gasteiger partial charge is 0.407 e. The molecule has 2 N–H and O–H groups in total. The van der Waals surface area contributed by atoms with Gasteiger partial charge in [-0.2, -0.15) is 11.8 Å². The van der Waals surface area contributed by atoms with Crippen LogP contribution in [0.4, 0.5) is 6.01 Å². The summed E-state index contributed by atoms with van der Waals surface area (Å²) in [5.74, 6) is 1.85. The summed E-state index contributed by atoms with van der Waals surface area (Å²) in [7, 11) is 0. The Morgan fingerprint density at radius 3 is 3.00 bits per heavy atom. The first-order chi connectivity index (χ1) is 8.81. The molecule has 1 aromatic rings. The first-order valence-electron chi connectivity index (χ1n) is 6.73. The van der Waals surface area contributed by atoms with Crippen molar-refractivity contribution in [3.05, 3.63) is 5.89 Å². The van der Waals surface area contributed by atoms with E-state index in [-0.39, 0.29) is 0 Å². The molecule has 5 nitrogen and oxygen atoms in total. The first kappa shape index (κ1) is 13.7. The van der Waals surface area contributed by atoms with Crippen molar-refractivity contribution in [2.45, 2.75) is 50.9 Å². The summed E-state index contributed by atoms with van der Waals surface area (Å²) in [6, 6.07) is 1.05. The van der Waals surface area contributed by atoms with E-state index in [1.807, 2.05) is 0 Å². The Morgan fingerprint density at radius 1 is 1.33 bits per heavy atom. The monoisotopic (exact) mass is 270 g/mol. The molecule has 1 heterocycles. The van der Waals surface area contributed by atoms with Crippen molar-refractivity contribution in [1.82, 2.24) is 15.5 Å². The van der Waals surface area contributed by atoms with Gasteiger partial charge in [0.2, 0.25) is 5.89 Å². The van der Waals surface area contributed by atoms with Crippen LogP contribution in [0, 0.1) is 0 Å². The lowest BCUT2D eigenvalue weighted by Crippen LogP contribution is -2.16. The number of hydrogen-bond acceptors (Lipinski definition) is 6. The van der Waals surface area contributed by atoms with E-state index in [0.717, 1.165) is 11.8 Å². The fourth-order valence-electron chi connectivity index (χ4n) is 2.25. The summed E-state index contributed by atoms with van der Waals surface area (Å²) < 4.78 is 5.54. The maximum absolute atomic E-state index is 5.54. The molecule has 1 aromatic heterocycles. The Bertz CT molecular complexity index is 358. The lowest BCUT2D eigenvalue weighted by molar-refractivity contribution is 0.476. The van der Waals surface area contributed by atoms with Crippen molar-refractivity contribution < 1.29 is 4.42 Å². The second kappa shape index (κ2) is 6.99. The fraction of sp³-hybridized carbons (Fsp3) is 0.833. The van der Waals surface area contributed by atoms with Gasteiger partial charge in [0.1, 0.15) is 0 Å². The molecule has 0 amide bonds. The van der Waals surface area contributed by atoms with E-state index in [9.17, 15) is 0 Å². The highest BCUT2D eigenvalue weighted by molar-refractivity contribution is 7.99. The summed E-state index contributed by atoms with van der Waals surface area (Å²) in [6.07, 6.45) is 3.68. The van der Waals surface area contributed by atoms with Gasteiger partial charge in [0.05, 0.1) is 6.54 Å². The molecule has 1 fully saturated rings. The van der Waals surface area contributed by atoms with Gasteiger partial charge in [-0.25, -0.2) is 0 Å². The van der Waals surface area contributed by atoms with Gasteiger partial charge in [0, 0.05) is 11.3 Å². The molecular formula is C12H22N4OS. The van der Waals surface area contributed by atoms with Crippen LogP contribution in [-0.2, 0) is 6.54 Å². The number of thioether (sulfide) groups is 1. The average Bonchev–Trinajstić information content (AvgIpc) is 2.98. The van der Waals surface area contributed by atoms with E-state index in [0.29, 0.717) is 24.5 Å². The zero-order valence-electron chi connectivity index (χ0n) is 11.1. The third-order valence-electron chi connectivity index (χ3n) is 3.11. The lowest BCUT2D eigenvalue weighted by Gasteiger charge is -2.10. The second-order valence-electron chi connectivity index (χ2n) is 4.51. The van der Waals surface area contributed by atoms with Gasteiger partial charge in [-0.1, -0.05) is 18.9 Å². The SMILES string of the molecule is CCNCc1nnc(NC2CCC(SCC)C2)o1. The minimum Gasteiger partial charge on any atom is -0.407 e. The number of nitrogens with zero attached hydrogens (tertiary/aromatic N) is 2. The van der Waals surface area contributed by atoms with Gasteiger partial charge < -0.3 is 15.1 Å². The Hall–Kier alpha value is -0.750. The van der Waals surface area contributed by atoms with Crippen LogP contribution >= 0.6 is 11.8 Å². The second-order valence-corrected chi connectivity index (χ2v) is 6.09. The minimum absolute atomic E-state index is 0.487. The predicted octanol–water partition coefficient (Wildman–Crippen LogP) is 2.27. The molecule has 0 aliphatic heterocycles. The predicted molar refractivity (Wildman–Crippen MR) is 74.9 cm³/mol. The van der Waals surface area contributed by atoms with Crippen LogP contribution in [0.1, 0.15) is 39.0 Å². The molecule has 1 aliphatic carbocycles. The zero-order chi connectivity index (χ0) is 12.8. The number of hydrogen-bond donors (Lipinski definition) is 2. The van der Waals surface area contributed by atoms with Gasteiger partial charge in [0.25, 0.3) is 0 Å². The van der Waals surface area contributed by atoms with Crippen LogP contribution in [0.25, 0.3) is 0 Å². The minimum atomic E-state index is 0.487. The highest BCUT2D eigenvalue weighted by atomic mass is 32.2. The molecule has 1 saturated carbocycles. The smallest absolute Gasteiger partial charge is 0.315 e. The Morgan fingerprint density at radius 2 is 2.22 bits per heavy atom. The topological polar surface area (TPSA) is 63.0 Å². The third kappa shape index (κ3) is 3.88. The standard InChI is InChI=1S/C12H22N4OS/c1-3-13-8-11-15-16-12(17-11)14-9-5-6-10(7-9)18-4-2/h9-10,13H,3-8H2,1-2H3,(H,14,16). The Kier molecular flexibility index (Phi) is 5.31. The third-order valence-corrected chi connectivity index (χ3v) is 4.34. The molecule has 6 heteroatoms. The fourth-order valence-corrected chi connectivity index (χ4v) is 3.39. The summed E-state index contributed by atoms with van der Waals surface area (Å²) >= 11 is 2.05. The van der Waals surface area contributed by atoms with E-state index in [2.05, 4.69) is 46.4 Å². The van der Waals surface area contributed by atoms with E-state index < -0.39 is 0 Å². The molecule has 0 aromatic carbocycles. The number of rotatable bonds is 7. The maximum Gasteiger partial charge on any atom is 0.315 e. The molecule has 2 unspecified atom stereocenters. The molecular weight excluding hydrogens is 248 g/mol. The van der Waals surface area contributed by atoms with Gasteiger partial charge in [-0.05, 0) is 31.6 Å². The molecule has 0 spiro atoms. The number of nitrogens with one attached hydrogen (secondary N) is 2. The zero-order valence-corrected chi connectivity index (χ0v) is 11.9. The van der Waals surface area contributed by atoms with E-state index in [4.69, 9.17) is 4.42 Å². The summed E-state index contributed by atoms with van der Waals surface area (Å²) in [6.45, 7) is 5.82. The molecule has 2 atom stereocenters. The average molecular weight is 270 g/mol. The molecule has 0 bridgehead atoms. The van der Waals surface area contributed by atoms with Crippen LogP contribution in [0.15, 0.2) is 4.42 Å². The molecule has 18 heavy (non-hydrogen) atoms.